The maximum Gasteiger partial charge on any atom is 0.187 e. The molecule has 3 rings (SSSR count). The molecule has 0 N–H and O–H groups in total. The molecule has 0 saturated heterocycles. The van der Waals surface area contributed by atoms with Crippen molar-refractivity contribution < 1.29 is 0 Å². The zero-order chi connectivity index (χ0) is 16.6. The van der Waals surface area contributed by atoms with Gasteiger partial charge in [0.15, 0.2) is 5.82 Å². The Balaban J connectivity index is 2.02. The van der Waals surface area contributed by atoms with Crippen LogP contribution in [0.5, 0.6) is 0 Å². The molecule has 3 aromatic rings. The second-order valence-electron chi connectivity index (χ2n) is 6.34. The number of halogens is 2. The maximum absolute atomic E-state index is 6.09. The largest absolute Gasteiger partial charge is 0.193 e. The number of aromatic nitrogens is 4. The standard InChI is InChI=1S/C17H16Cl2N4/c1-17(2,3)12-6-4-11(5-7-12)16-20-21-22-23(16)13-8-9-14(18)15(19)10-13/h4-10H,1-3H3. The lowest BCUT2D eigenvalue weighted by atomic mass is 9.87. The summed E-state index contributed by atoms with van der Waals surface area (Å²) in [5.41, 5.74) is 3.07. The van der Waals surface area contributed by atoms with Crippen molar-refractivity contribution in [2.24, 2.45) is 0 Å². The van der Waals surface area contributed by atoms with Gasteiger partial charge in [-0.1, -0.05) is 68.2 Å². The van der Waals surface area contributed by atoms with Crippen LogP contribution in [0.25, 0.3) is 17.1 Å². The summed E-state index contributed by atoms with van der Waals surface area (Å²) in [4.78, 5) is 0. The monoisotopic (exact) mass is 346 g/mol. The fourth-order valence-corrected chi connectivity index (χ4v) is 2.57. The second kappa shape index (κ2) is 5.95. The van der Waals surface area contributed by atoms with Gasteiger partial charge in [0.1, 0.15) is 0 Å². The first-order valence-electron chi connectivity index (χ1n) is 7.21. The Bertz CT molecular complexity index is 833. The molecule has 23 heavy (non-hydrogen) atoms. The van der Waals surface area contributed by atoms with E-state index in [0.717, 1.165) is 11.3 Å². The Labute approximate surface area is 145 Å². The van der Waals surface area contributed by atoms with Crippen LogP contribution in [-0.2, 0) is 5.41 Å². The van der Waals surface area contributed by atoms with Gasteiger partial charge in [0.2, 0.25) is 0 Å². The van der Waals surface area contributed by atoms with E-state index >= 15 is 0 Å². The van der Waals surface area contributed by atoms with Crippen molar-refractivity contribution in [2.45, 2.75) is 26.2 Å². The smallest absolute Gasteiger partial charge is 0.187 e. The van der Waals surface area contributed by atoms with E-state index in [1.165, 1.54) is 5.56 Å². The van der Waals surface area contributed by atoms with Crippen molar-refractivity contribution in [2.75, 3.05) is 0 Å². The summed E-state index contributed by atoms with van der Waals surface area (Å²) < 4.78 is 1.65. The van der Waals surface area contributed by atoms with Gasteiger partial charge in [-0.05, 0) is 39.6 Å². The van der Waals surface area contributed by atoms with Crippen LogP contribution in [0.4, 0.5) is 0 Å². The Morgan fingerprint density at radius 3 is 2.22 bits per heavy atom. The highest BCUT2D eigenvalue weighted by Crippen LogP contribution is 2.28. The molecule has 0 bridgehead atoms. The van der Waals surface area contributed by atoms with E-state index in [-0.39, 0.29) is 5.41 Å². The lowest BCUT2D eigenvalue weighted by Gasteiger charge is -2.19. The molecule has 0 aliphatic carbocycles. The van der Waals surface area contributed by atoms with Gasteiger partial charge in [-0.2, -0.15) is 4.68 Å². The molecule has 0 aliphatic rings. The Morgan fingerprint density at radius 1 is 0.913 bits per heavy atom. The average molecular weight is 347 g/mol. The molecule has 0 fully saturated rings. The lowest BCUT2D eigenvalue weighted by Crippen LogP contribution is -2.10. The van der Waals surface area contributed by atoms with Crippen LogP contribution < -0.4 is 0 Å². The number of benzene rings is 2. The van der Waals surface area contributed by atoms with Gasteiger partial charge < -0.3 is 0 Å². The van der Waals surface area contributed by atoms with E-state index in [1.54, 1.807) is 16.8 Å². The summed E-state index contributed by atoms with van der Waals surface area (Å²) in [6, 6.07) is 13.6. The van der Waals surface area contributed by atoms with Crippen LogP contribution in [0, 0.1) is 0 Å². The molecule has 4 nitrogen and oxygen atoms in total. The molecule has 0 radical (unpaired) electrons. The zero-order valence-electron chi connectivity index (χ0n) is 13.1. The van der Waals surface area contributed by atoms with E-state index in [4.69, 9.17) is 23.2 Å². The van der Waals surface area contributed by atoms with Crippen LogP contribution >= 0.6 is 23.2 Å². The summed E-state index contributed by atoms with van der Waals surface area (Å²) in [6.07, 6.45) is 0. The number of hydrogen-bond acceptors (Lipinski definition) is 3. The van der Waals surface area contributed by atoms with Crippen molar-refractivity contribution >= 4 is 23.2 Å². The van der Waals surface area contributed by atoms with E-state index in [0.29, 0.717) is 15.9 Å². The predicted molar refractivity (Wildman–Crippen MR) is 93.3 cm³/mol. The highest BCUT2D eigenvalue weighted by molar-refractivity contribution is 6.42. The Morgan fingerprint density at radius 2 is 1.61 bits per heavy atom. The molecule has 6 heteroatoms. The van der Waals surface area contributed by atoms with Gasteiger partial charge >= 0.3 is 0 Å². The molecule has 0 aliphatic heterocycles. The first-order chi connectivity index (χ1) is 10.9. The third-order valence-corrected chi connectivity index (χ3v) is 4.37. The van der Waals surface area contributed by atoms with Crippen molar-refractivity contribution in [3.8, 4) is 17.1 Å². The summed E-state index contributed by atoms with van der Waals surface area (Å²) >= 11 is 12.1. The number of hydrogen-bond donors (Lipinski definition) is 0. The van der Waals surface area contributed by atoms with Crippen LogP contribution in [-0.4, -0.2) is 20.2 Å². The molecule has 0 unspecified atom stereocenters. The number of rotatable bonds is 2. The van der Waals surface area contributed by atoms with Gasteiger partial charge in [0.05, 0.1) is 15.7 Å². The zero-order valence-corrected chi connectivity index (χ0v) is 14.6. The normalized spacial score (nSPS) is 11.7. The average Bonchev–Trinajstić information content (AvgIpc) is 2.99. The molecule has 1 aromatic heterocycles. The summed E-state index contributed by atoms with van der Waals surface area (Å²) in [5.74, 6) is 0.656. The Hall–Kier alpha value is -1.91. The summed E-state index contributed by atoms with van der Waals surface area (Å²) in [5, 5.41) is 12.9. The third-order valence-electron chi connectivity index (χ3n) is 3.63. The minimum atomic E-state index is 0.105. The van der Waals surface area contributed by atoms with Crippen molar-refractivity contribution in [1.29, 1.82) is 0 Å². The first kappa shape index (κ1) is 16.0. The minimum absolute atomic E-state index is 0.105. The highest BCUT2D eigenvalue weighted by Gasteiger charge is 2.15. The van der Waals surface area contributed by atoms with Crippen LogP contribution in [0.1, 0.15) is 26.3 Å². The van der Waals surface area contributed by atoms with Gasteiger partial charge in [-0.3, -0.25) is 0 Å². The van der Waals surface area contributed by atoms with Crippen LogP contribution in [0.15, 0.2) is 42.5 Å². The molecule has 2 aromatic carbocycles. The molecule has 0 saturated carbocycles. The Kier molecular flexibility index (Phi) is 4.13. The summed E-state index contributed by atoms with van der Waals surface area (Å²) in [7, 11) is 0. The van der Waals surface area contributed by atoms with E-state index < -0.39 is 0 Å². The highest BCUT2D eigenvalue weighted by atomic mass is 35.5. The predicted octanol–water partition coefficient (Wildman–Crippen LogP) is 4.93. The molecule has 0 amide bonds. The van der Waals surface area contributed by atoms with Crippen LogP contribution in [0.2, 0.25) is 10.0 Å². The molecular formula is C17H16Cl2N4. The molecule has 0 spiro atoms. The second-order valence-corrected chi connectivity index (χ2v) is 7.15. The fraction of sp³-hybridized carbons (Fsp3) is 0.235. The SMILES string of the molecule is CC(C)(C)c1ccc(-c2nnnn2-c2ccc(Cl)c(Cl)c2)cc1. The lowest BCUT2D eigenvalue weighted by molar-refractivity contribution is 0.590. The first-order valence-corrected chi connectivity index (χ1v) is 7.96. The molecule has 1 heterocycles. The third kappa shape index (κ3) is 3.23. The molecule has 118 valence electrons. The van der Waals surface area contributed by atoms with E-state index in [1.807, 2.05) is 18.2 Å². The van der Waals surface area contributed by atoms with E-state index in [9.17, 15) is 0 Å². The number of tetrazole rings is 1. The topological polar surface area (TPSA) is 43.6 Å². The maximum atomic E-state index is 6.09. The van der Waals surface area contributed by atoms with Gasteiger partial charge in [-0.25, -0.2) is 0 Å². The number of nitrogens with zero attached hydrogens (tertiary/aromatic N) is 4. The van der Waals surface area contributed by atoms with Gasteiger partial charge in [-0.15, -0.1) is 5.10 Å². The fourth-order valence-electron chi connectivity index (χ4n) is 2.28. The molecular weight excluding hydrogens is 331 g/mol. The van der Waals surface area contributed by atoms with Crippen molar-refractivity contribution in [3.05, 3.63) is 58.1 Å². The molecule has 0 atom stereocenters. The summed E-state index contributed by atoms with van der Waals surface area (Å²) in [6.45, 7) is 6.55. The van der Waals surface area contributed by atoms with E-state index in [2.05, 4.69) is 48.4 Å². The van der Waals surface area contributed by atoms with Crippen molar-refractivity contribution in [3.63, 3.8) is 0 Å². The minimum Gasteiger partial charge on any atom is -0.193 e. The van der Waals surface area contributed by atoms with Crippen molar-refractivity contribution in [1.82, 2.24) is 20.2 Å². The van der Waals surface area contributed by atoms with Gasteiger partial charge in [0.25, 0.3) is 0 Å². The van der Waals surface area contributed by atoms with Gasteiger partial charge in [0, 0.05) is 5.56 Å². The van der Waals surface area contributed by atoms with Crippen LogP contribution in [0.3, 0.4) is 0 Å². The quantitative estimate of drug-likeness (QED) is 0.660.